The third-order valence-electron chi connectivity index (χ3n) is 3.12. The number of carbonyl (C=O) groups is 2. The molecule has 20 heavy (non-hydrogen) atoms. The molecule has 0 heterocycles. The first-order chi connectivity index (χ1) is 9.16. The second-order valence-corrected chi connectivity index (χ2v) is 7.06. The Hall–Kier alpha value is -1.53. The predicted octanol–water partition coefficient (Wildman–Crippen LogP) is 1.27. The van der Waals surface area contributed by atoms with Crippen LogP contribution in [0, 0.1) is 5.92 Å². The number of carbonyl (C=O) groups excluding carboxylic acids is 2. The average Bonchev–Trinajstić information content (AvgIpc) is 2.35. The van der Waals surface area contributed by atoms with E-state index in [1.54, 1.807) is 12.1 Å². The summed E-state index contributed by atoms with van der Waals surface area (Å²) in [5.74, 6) is -1.02. The highest BCUT2D eigenvalue weighted by Crippen LogP contribution is 2.17. The predicted molar refractivity (Wildman–Crippen MR) is 75.9 cm³/mol. The summed E-state index contributed by atoms with van der Waals surface area (Å²) in [6, 6.07) is 6.24. The van der Waals surface area contributed by atoms with Crippen LogP contribution in [0.3, 0.4) is 0 Å². The SMILES string of the molecule is CC(=O)C(Cc1ccc(S(=O)(=O)N(C)C)cc1)C(C)=O. The van der Waals surface area contributed by atoms with E-state index >= 15 is 0 Å². The van der Waals surface area contributed by atoms with Gasteiger partial charge in [0, 0.05) is 14.1 Å². The molecule has 1 aromatic rings. The molecule has 0 unspecified atom stereocenters. The minimum Gasteiger partial charge on any atom is -0.299 e. The van der Waals surface area contributed by atoms with E-state index in [4.69, 9.17) is 0 Å². The van der Waals surface area contributed by atoms with Crippen molar-refractivity contribution >= 4 is 21.6 Å². The summed E-state index contributed by atoms with van der Waals surface area (Å²) >= 11 is 0. The van der Waals surface area contributed by atoms with Gasteiger partial charge in [-0.1, -0.05) is 12.1 Å². The Labute approximate surface area is 119 Å². The molecule has 0 bridgehead atoms. The summed E-state index contributed by atoms with van der Waals surface area (Å²) in [5.41, 5.74) is 0.762. The van der Waals surface area contributed by atoms with Gasteiger partial charge in [-0.05, 0) is 38.0 Å². The van der Waals surface area contributed by atoms with Crippen LogP contribution in [-0.2, 0) is 26.0 Å². The average molecular weight is 297 g/mol. The Bertz CT molecular complexity index is 589. The van der Waals surface area contributed by atoms with Gasteiger partial charge in [-0.3, -0.25) is 9.59 Å². The second kappa shape index (κ2) is 6.28. The van der Waals surface area contributed by atoms with Gasteiger partial charge >= 0.3 is 0 Å². The van der Waals surface area contributed by atoms with Crippen molar-refractivity contribution < 1.29 is 18.0 Å². The van der Waals surface area contributed by atoms with Gasteiger partial charge in [-0.15, -0.1) is 0 Å². The number of ketones is 2. The van der Waals surface area contributed by atoms with Crippen molar-refractivity contribution in [1.29, 1.82) is 0 Å². The fourth-order valence-electron chi connectivity index (χ4n) is 1.82. The zero-order valence-electron chi connectivity index (χ0n) is 12.1. The summed E-state index contributed by atoms with van der Waals surface area (Å²) in [7, 11) is -0.529. The molecule has 6 heteroatoms. The zero-order chi connectivity index (χ0) is 15.5. The molecule has 0 atom stereocenters. The van der Waals surface area contributed by atoms with Gasteiger partial charge in [0.05, 0.1) is 10.8 Å². The lowest BCUT2D eigenvalue weighted by Gasteiger charge is -2.13. The van der Waals surface area contributed by atoms with Crippen LogP contribution in [-0.4, -0.2) is 38.4 Å². The van der Waals surface area contributed by atoms with Crippen molar-refractivity contribution in [2.24, 2.45) is 5.92 Å². The molecular formula is C14H19NO4S. The molecule has 1 rings (SSSR count). The third kappa shape index (κ3) is 3.74. The van der Waals surface area contributed by atoms with Crippen LogP contribution < -0.4 is 0 Å². The number of nitrogens with zero attached hydrogens (tertiary/aromatic N) is 1. The number of rotatable bonds is 6. The summed E-state index contributed by atoms with van der Waals surface area (Å²) < 4.78 is 24.9. The highest BCUT2D eigenvalue weighted by atomic mass is 32.2. The number of hydrogen-bond acceptors (Lipinski definition) is 4. The van der Waals surface area contributed by atoms with Gasteiger partial charge in [-0.25, -0.2) is 12.7 Å². The molecule has 110 valence electrons. The highest BCUT2D eigenvalue weighted by molar-refractivity contribution is 7.89. The van der Waals surface area contributed by atoms with Gasteiger partial charge in [0.1, 0.15) is 11.6 Å². The van der Waals surface area contributed by atoms with Crippen molar-refractivity contribution in [3.8, 4) is 0 Å². The summed E-state index contributed by atoms with van der Waals surface area (Å²) in [5, 5.41) is 0. The maximum absolute atomic E-state index is 11.9. The van der Waals surface area contributed by atoms with E-state index in [2.05, 4.69) is 0 Å². The zero-order valence-corrected chi connectivity index (χ0v) is 12.9. The lowest BCUT2D eigenvalue weighted by atomic mass is 9.93. The number of benzene rings is 1. The first kappa shape index (κ1) is 16.5. The molecule has 0 aliphatic heterocycles. The Morgan fingerprint density at radius 2 is 1.50 bits per heavy atom. The van der Waals surface area contributed by atoms with Crippen LogP contribution in [0.5, 0.6) is 0 Å². The van der Waals surface area contributed by atoms with Crippen LogP contribution in [0.15, 0.2) is 29.2 Å². The van der Waals surface area contributed by atoms with Gasteiger partial charge in [0.15, 0.2) is 0 Å². The minimum atomic E-state index is -3.46. The van der Waals surface area contributed by atoms with E-state index in [9.17, 15) is 18.0 Å². The van der Waals surface area contributed by atoms with Crippen LogP contribution in [0.4, 0.5) is 0 Å². The monoisotopic (exact) mass is 297 g/mol. The van der Waals surface area contributed by atoms with Gasteiger partial charge in [-0.2, -0.15) is 0 Å². The van der Waals surface area contributed by atoms with Crippen molar-refractivity contribution in [1.82, 2.24) is 4.31 Å². The highest BCUT2D eigenvalue weighted by Gasteiger charge is 2.21. The van der Waals surface area contributed by atoms with E-state index in [-0.39, 0.29) is 16.5 Å². The lowest BCUT2D eigenvalue weighted by Crippen LogP contribution is -2.23. The Morgan fingerprint density at radius 1 is 1.05 bits per heavy atom. The number of Topliss-reactive ketones (excluding diaryl/α,β-unsaturated/α-hetero) is 2. The van der Waals surface area contributed by atoms with Crippen LogP contribution in [0.1, 0.15) is 19.4 Å². The van der Waals surface area contributed by atoms with E-state index < -0.39 is 15.9 Å². The third-order valence-corrected chi connectivity index (χ3v) is 4.95. The fourth-order valence-corrected chi connectivity index (χ4v) is 2.72. The minimum absolute atomic E-state index is 0.178. The maximum atomic E-state index is 11.9. The van der Waals surface area contributed by atoms with Gasteiger partial charge in [0.2, 0.25) is 10.0 Å². The molecule has 0 aromatic heterocycles. The Morgan fingerprint density at radius 3 is 1.85 bits per heavy atom. The van der Waals surface area contributed by atoms with Gasteiger partial charge in [0.25, 0.3) is 0 Å². The van der Waals surface area contributed by atoms with Crippen LogP contribution in [0.25, 0.3) is 0 Å². The smallest absolute Gasteiger partial charge is 0.242 e. The Balaban J connectivity index is 2.98. The fraction of sp³-hybridized carbons (Fsp3) is 0.429. The quantitative estimate of drug-likeness (QED) is 0.741. The Kier molecular flexibility index (Phi) is 5.19. The van der Waals surface area contributed by atoms with Crippen molar-refractivity contribution in [3.63, 3.8) is 0 Å². The first-order valence-corrected chi connectivity index (χ1v) is 7.62. The summed E-state index contributed by atoms with van der Waals surface area (Å²) in [6.45, 7) is 2.77. The van der Waals surface area contributed by atoms with Crippen molar-refractivity contribution in [2.45, 2.75) is 25.2 Å². The number of hydrogen-bond donors (Lipinski definition) is 0. The number of sulfonamides is 1. The van der Waals surface area contributed by atoms with Crippen LogP contribution >= 0.6 is 0 Å². The molecule has 0 N–H and O–H groups in total. The molecule has 0 aliphatic rings. The molecule has 0 saturated carbocycles. The van der Waals surface area contributed by atoms with Crippen molar-refractivity contribution in [3.05, 3.63) is 29.8 Å². The van der Waals surface area contributed by atoms with E-state index in [0.717, 1.165) is 9.87 Å². The molecule has 0 aliphatic carbocycles. The van der Waals surface area contributed by atoms with E-state index in [0.29, 0.717) is 6.42 Å². The standard InChI is InChI=1S/C14H19NO4S/c1-10(16)14(11(2)17)9-12-5-7-13(8-6-12)20(18,19)15(3)4/h5-8,14H,9H2,1-4H3. The summed E-state index contributed by atoms with van der Waals surface area (Å²) in [6.07, 6.45) is 0.299. The normalized spacial score (nSPS) is 11.9. The second-order valence-electron chi connectivity index (χ2n) is 4.91. The lowest BCUT2D eigenvalue weighted by molar-refractivity contribution is -0.130. The maximum Gasteiger partial charge on any atom is 0.242 e. The molecule has 0 spiro atoms. The van der Waals surface area contributed by atoms with Gasteiger partial charge < -0.3 is 0 Å². The molecule has 0 saturated heterocycles. The molecule has 0 amide bonds. The topological polar surface area (TPSA) is 71.5 Å². The van der Waals surface area contributed by atoms with Crippen molar-refractivity contribution in [2.75, 3.05) is 14.1 Å². The molecule has 0 fully saturated rings. The largest absolute Gasteiger partial charge is 0.299 e. The molecule has 1 aromatic carbocycles. The summed E-state index contributed by atoms with van der Waals surface area (Å²) in [4.78, 5) is 23.0. The first-order valence-electron chi connectivity index (χ1n) is 6.18. The molecular weight excluding hydrogens is 278 g/mol. The molecule has 0 radical (unpaired) electrons. The van der Waals surface area contributed by atoms with E-state index in [1.807, 2.05) is 0 Å². The van der Waals surface area contributed by atoms with E-state index in [1.165, 1.54) is 40.1 Å². The van der Waals surface area contributed by atoms with Crippen LogP contribution in [0.2, 0.25) is 0 Å². The molecule has 5 nitrogen and oxygen atoms in total.